The van der Waals surface area contributed by atoms with Gasteiger partial charge in [0, 0.05) is 22.5 Å². The van der Waals surface area contributed by atoms with Crippen LogP contribution in [-0.4, -0.2) is 41.6 Å². The van der Waals surface area contributed by atoms with Crippen LogP contribution in [0.5, 0.6) is 5.75 Å². The molecule has 5 rings (SSSR count). The van der Waals surface area contributed by atoms with Gasteiger partial charge in [0.15, 0.2) is 0 Å². The molecule has 2 aromatic heterocycles. The predicted molar refractivity (Wildman–Crippen MR) is 149 cm³/mol. The summed E-state index contributed by atoms with van der Waals surface area (Å²) in [6.45, 7) is 5.95. The number of carbonyl (C=O) groups excluding carboxylic acids is 2. The molecule has 0 saturated carbocycles. The summed E-state index contributed by atoms with van der Waals surface area (Å²) in [5.41, 5.74) is 3.58. The number of nitrogens with one attached hydrogen (secondary N) is 1. The number of para-hydroxylation sites is 1. The van der Waals surface area contributed by atoms with Crippen LogP contribution in [0.2, 0.25) is 0 Å². The van der Waals surface area contributed by atoms with Crippen molar-refractivity contribution in [1.82, 2.24) is 9.88 Å². The third-order valence-corrected chi connectivity index (χ3v) is 8.39. The maximum absolute atomic E-state index is 13.3. The van der Waals surface area contributed by atoms with E-state index in [-0.39, 0.29) is 12.0 Å². The van der Waals surface area contributed by atoms with E-state index < -0.39 is 0 Å². The lowest BCUT2D eigenvalue weighted by atomic mass is 10.0. The number of ether oxygens (including phenoxy) is 2. The van der Waals surface area contributed by atoms with Gasteiger partial charge in [-0.25, -0.2) is 9.78 Å². The molecule has 0 fully saturated rings. The Kier molecular flexibility index (Phi) is 7.71. The molecule has 2 amide bonds. The summed E-state index contributed by atoms with van der Waals surface area (Å²) in [6.07, 6.45) is 2.43. The number of hydrogen-bond acceptors (Lipinski definition) is 7. The normalized spacial score (nSPS) is 12.9. The Morgan fingerprint density at radius 3 is 2.65 bits per heavy atom. The summed E-state index contributed by atoms with van der Waals surface area (Å²) in [5, 5.41) is 4.76. The molecule has 0 saturated heterocycles. The molecule has 1 aliphatic rings. The van der Waals surface area contributed by atoms with Crippen LogP contribution in [0.15, 0.2) is 48.5 Å². The molecular formula is C28H29N3O4S2. The monoisotopic (exact) mass is 535 g/mol. The molecule has 0 bridgehead atoms. The smallest absolute Gasteiger partial charge is 0.410 e. The second-order valence-corrected chi connectivity index (χ2v) is 10.9. The lowest BCUT2D eigenvalue weighted by Crippen LogP contribution is -2.35. The fourth-order valence-electron chi connectivity index (χ4n) is 4.28. The highest BCUT2D eigenvalue weighted by Crippen LogP contribution is 2.46. The van der Waals surface area contributed by atoms with Gasteiger partial charge in [-0.15, -0.1) is 22.7 Å². The zero-order valence-electron chi connectivity index (χ0n) is 20.9. The van der Waals surface area contributed by atoms with Crippen molar-refractivity contribution in [2.75, 3.05) is 25.1 Å². The number of rotatable bonds is 8. The summed E-state index contributed by atoms with van der Waals surface area (Å²) in [5.74, 6) is 0.564. The minimum absolute atomic E-state index is 0.191. The number of aromatic nitrogens is 1. The van der Waals surface area contributed by atoms with E-state index in [4.69, 9.17) is 14.5 Å². The van der Waals surface area contributed by atoms with E-state index in [9.17, 15) is 9.59 Å². The van der Waals surface area contributed by atoms with Gasteiger partial charge in [0.1, 0.15) is 15.8 Å². The topological polar surface area (TPSA) is 80.8 Å². The fourth-order valence-corrected chi connectivity index (χ4v) is 6.65. The lowest BCUT2D eigenvalue weighted by molar-refractivity contribution is 0.102. The molecule has 0 spiro atoms. The van der Waals surface area contributed by atoms with E-state index in [1.165, 1.54) is 11.3 Å². The second kappa shape index (κ2) is 11.3. The molecule has 1 aliphatic heterocycles. The average Bonchev–Trinajstić information content (AvgIpc) is 3.49. The minimum atomic E-state index is -0.310. The van der Waals surface area contributed by atoms with Crippen LogP contribution in [-0.2, 0) is 17.7 Å². The fraction of sp³-hybridized carbons (Fsp3) is 0.321. The first-order chi connectivity index (χ1) is 18.1. The van der Waals surface area contributed by atoms with Crippen LogP contribution < -0.4 is 10.1 Å². The van der Waals surface area contributed by atoms with E-state index in [0.29, 0.717) is 38.3 Å². The third kappa shape index (κ3) is 5.47. The van der Waals surface area contributed by atoms with E-state index in [2.05, 4.69) is 18.3 Å². The van der Waals surface area contributed by atoms with Crippen molar-refractivity contribution in [3.63, 3.8) is 0 Å². The third-order valence-electron chi connectivity index (χ3n) is 6.20. The molecule has 7 nitrogen and oxygen atoms in total. The van der Waals surface area contributed by atoms with Crippen LogP contribution in [0, 0.1) is 0 Å². The zero-order valence-corrected chi connectivity index (χ0v) is 22.5. The van der Waals surface area contributed by atoms with Crippen molar-refractivity contribution >= 4 is 49.9 Å². The molecule has 0 atom stereocenters. The molecular weight excluding hydrogens is 506 g/mol. The van der Waals surface area contributed by atoms with Gasteiger partial charge in [0.05, 0.1) is 30.0 Å². The maximum Gasteiger partial charge on any atom is 0.410 e. The number of benzene rings is 2. The maximum atomic E-state index is 13.3. The molecule has 4 aromatic rings. The van der Waals surface area contributed by atoms with Gasteiger partial charge in [-0.05, 0) is 61.7 Å². The van der Waals surface area contributed by atoms with Crippen molar-refractivity contribution in [3.05, 3.63) is 64.5 Å². The van der Waals surface area contributed by atoms with Crippen LogP contribution in [0.1, 0.15) is 47.5 Å². The SMILES string of the molecule is CCCCOc1ccc(C(=O)Nc2sc3c(c2-c2nc4ccccc4s2)CCN(C(=O)OCC)C3)cc1. The number of anilines is 1. The molecule has 0 unspecified atom stereocenters. The first kappa shape index (κ1) is 25.2. The lowest BCUT2D eigenvalue weighted by Gasteiger charge is -2.26. The Hall–Kier alpha value is -3.43. The van der Waals surface area contributed by atoms with Crippen molar-refractivity contribution < 1.29 is 19.1 Å². The summed E-state index contributed by atoms with van der Waals surface area (Å²) in [7, 11) is 0. The highest BCUT2D eigenvalue weighted by molar-refractivity contribution is 7.23. The van der Waals surface area contributed by atoms with E-state index in [0.717, 1.165) is 54.8 Å². The van der Waals surface area contributed by atoms with Gasteiger partial charge in [-0.2, -0.15) is 0 Å². The first-order valence-electron chi connectivity index (χ1n) is 12.5. The van der Waals surface area contributed by atoms with Crippen molar-refractivity contribution in [2.24, 2.45) is 0 Å². The van der Waals surface area contributed by atoms with Crippen LogP contribution >= 0.6 is 22.7 Å². The number of thiophene rings is 1. The van der Waals surface area contributed by atoms with Gasteiger partial charge in [-0.1, -0.05) is 25.5 Å². The first-order valence-corrected chi connectivity index (χ1v) is 14.2. The number of amides is 2. The number of unbranched alkanes of at least 4 members (excludes halogenated alkanes) is 1. The van der Waals surface area contributed by atoms with Crippen molar-refractivity contribution in [2.45, 2.75) is 39.7 Å². The number of nitrogens with zero attached hydrogens (tertiary/aromatic N) is 2. The van der Waals surface area contributed by atoms with E-state index in [1.807, 2.05) is 30.3 Å². The number of carbonyl (C=O) groups is 2. The Labute approximate surface area is 224 Å². The Bertz CT molecular complexity index is 1380. The second-order valence-electron chi connectivity index (χ2n) is 8.75. The van der Waals surface area contributed by atoms with Crippen LogP contribution in [0.4, 0.5) is 9.80 Å². The number of hydrogen-bond donors (Lipinski definition) is 1. The van der Waals surface area contributed by atoms with Gasteiger partial charge in [-0.3, -0.25) is 4.79 Å². The summed E-state index contributed by atoms with van der Waals surface area (Å²) >= 11 is 3.12. The standard InChI is InChI=1S/C28H29N3O4S2/c1-3-5-16-35-19-12-10-18(11-13-19)25(32)30-27-24(26-29-21-8-6-7-9-22(21)36-26)20-14-15-31(17-23(20)37-27)28(33)34-4-2/h6-13H,3-5,14-17H2,1-2H3,(H,30,32). The molecule has 0 aliphatic carbocycles. The molecule has 3 heterocycles. The Morgan fingerprint density at radius 2 is 1.89 bits per heavy atom. The summed E-state index contributed by atoms with van der Waals surface area (Å²) < 4.78 is 12.0. The van der Waals surface area contributed by atoms with Gasteiger partial charge >= 0.3 is 6.09 Å². The van der Waals surface area contributed by atoms with E-state index >= 15 is 0 Å². The van der Waals surface area contributed by atoms with Crippen molar-refractivity contribution in [3.8, 4) is 16.3 Å². The number of fused-ring (bicyclic) bond motifs is 2. The Balaban J connectivity index is 1.45. The zero-order chi connectivity index (χ0) is 25.8. The van der Waals surface area contributed by atoms with Crippen LogP contribution in [0.3, 0.4) is 0 Å². The predicted octanol–water partition coefficient (Wildman–Crippen LogP) is 6.97. The molecule has 0 radical (unpaired) electrons. The molecule has 1 N–H and O–H groups in total. The quantitative estimate of drug-likeness (QED) is 0.246. The average molecular weight is 536 g/mol. The highest BCUT2D eigenvalue weighted by Gasteiger charge is 2.30. The van der Waals surface area contributed by atoms with E-state index in [1.54, 1.807) is 35.3 Å². The summed E-state index contributed by atoms with van der Waals surface area (Å²) in [4.78, 5) is 33.3. The van der Waals surface area contributed by atoms with Gasteiger partial charge in [0.2, 0.25) is 0 Å². The summed E-state index contributed by atoms with van der Waals surface area (Å²) in [6, 6.07) is 15.3. The van der Waals surface area contributed by atoms with Gasteiger partial charge < -0.3 is 19.7 Å². The molecule has 37 heavy (non-hydrogen) atoms. The van der Waals surface area contributed by atoms with Gasteiger partial charge in [0.25, 0.3) is 5.91 Å². The molecule has 192 valence electrons. The van der Waals surface area contributed by atoms with Crippen LogP contribution in [0.25, 0.3) is 20.8 Å². The Morgan fingerprint density at radius 1 is 1.08 bits per heavy atom. The number of thiazole rings is 1. The molecule has 2 aromatic carbocycles. The van der Waals surface area contributed by atoms with Crippen molar-refractivity contribution in [1.29, 1.82) is 0 Å². The largest absolute Gasteiger partial charge is 0.494 e. The molecule has 9 heteroatoms. The highest BCUT2D eigenvalue weighted by atomic mass is 32.1. The minimum Gasteiger partial charge on any atom is -0.494 e.